The molecule has 0 aliphatic heterocycles. The summed E-state index contributed by atoms with van der Waals surface area (Å²) in [6.07, 6.45) is 0. The molecule has 1 aromatic carbocycles. The molecule has 4 nitrogen and oxygen atoms in total. The first-order valence-electron chi connectivity index (χ1n) is 2.94. The van der Waals surface area contributed by atoms with E-state index in [4.69, 9.17) is 10.3 Å². The summed E-state index contributed by atoms with van der Waals surface area (Å²) in [5, 5.41) is 0. The van der Waals surface area contributed by atoms with Gasteiger partial charge in [0, 0.05) is 0 Å². The Balaban J connectivity index is 3.33. The van der Waals surface area contributed by atoms with Gasteiger partial charge in [0.05, 0.1) is 10.6 Å². The summed E-state index contributed by atoms with van der Waals surface area (Å²) in [5.41, 5.74) is 4.92. The average molecular weight is 191 g/mol. The summed E-state index contributed by atoms with van der Waals surface area (Å²) in [6.45, 7) is 0. The van der Waals surface area contributed by atoms with Crippen LogP contribution in [0.25, 0.3) is 0 Å². The zero-order valence-electron chi connectivity index (χ0n) is 5.86. The van der Waals surface area contributed by atoms with Gasteiger partial charge < -0.3 is 5.73 Å². The Morgan fingerprint density at radius 3 is 2.42 bits per heavy atom. The first kappa shape index (κ1) is 8.95. The lowest BCUT2D eigenvalue weighted by Crippen LogP contribution is -2.00. The fourth-order valence-electron chi connectivity index (χ4n) is 0.668. The molecule has 0 amide bonds. The molecular formula is C6H6FNO3S. The molecule has 3 N–H and O–H groups in total. The molecule has 0 aliphatic rings. The van der Waals surface area contributed by atoms with E-state index in [0.717, 1.165) is 12.1 Å². The zero-order valence-corrected chi connectivity index (χ0v) is 6.68. The van der Waals surface area contributed by atoms with Gasteiger partial charge in [-0.2, -0.15) is 8.42 Å². The van der Waals surface area contributed by atoms with E-state index in [9.17, 15) is 12.8 Å². The average Bonchev–Trinajstić information content (AvgIpc) is 1.92. The maximum Gasteiger partial charge on any atom is 0.294 e. The number of hydrogen-bond donors (Lipinski definition) is 2. The van der Waals surface area contributed by atoms with Crippen molar-refractivity contribution in [2.45, 2.75) is 4.90 Å². The fourth-order valence-corrected chi connectivity index (χ4v) is 1.16. The van der Waals surface area contributed by atoms with Crippen LogP contribution in [0, 0.1) is 5.82 Å². The van der Waals surface area contributed by atoms with E-state index >= 15 is 0 Å². The summed E-state index contributed by atoms with van der Waals surface area (Å²) >= 11 is 0. The van der Waals surface area contributed by atoms with Crippen LogP contribution in [0.1, 0.15) is 0 Å². The minimum absolute atomic E-state index is 0.164. The molecule has 1 rings (SSSR count). The lowest BCUT2D eigenvalue weighted by molar-refractivity contribution is 0.482. The summed E-state index contributed by atoms with van der Waals surface area (Å²) in [7, 11) is -4.34. The maximum absolute atomic E-state index is 12.6. The van der Waals surface area contributed by atoms with Crippen molar-refractivity contribution in [1.82, 2.24) is 0 Å². The van der Waals surface area contributed by atoms with Gasteiger partial charge in [-0.15, -0.1) is 0 Å². The van der Waals surface area contributed by atoms with Gasteiger partial charge in [0.2, 0.25) is 0 Å². The topological polar surface area (TPSA) is 80.4 Å². The van der Waals surface area contributed by atoms with E-state index in [1.54, 1.807) is 0 Å². The third kappa shape index (κ3) is 1.72. The van der Waals surface area contributed by atoms with Gasteiger partial charge in [-0.1, -0.05) is 0 Å². The molecule has 0 aliphatic carbocycles. The third-order valence-electron chi connectivity index (χ3n) is 1.27. The largest absolute Gasteiger partial charge is 0.396 e. The first-order chi connectivity index (χ1) is 5.41. The second-order valence-electron chi connectivity index (χ2n) is 2.16. The number of anilines is 1. The highest BCUT2D eigenvalue weighted by Crippen LogP contribution is 2.15. The van der Waals surface area contributed by atoms with Crippen LogP contribution in [0.5, 0.6) is 0 Å². The highest BCUT2D eigenvalue weighted by molar-refractivity contribution is 7.85. The second-order valence-corrected chi connectivity index (χ2v) is 3.58. The van der Waals surface area contributed by atoms with E-state index in [1.165, 1.54) is 0 Å². The minimum Gasteiger partial charge on any atom is -0.396 e. The fraction of sp³-hybridized carbons (Fsp3) is 0. The van der Waals surface area contributed by atoms with E-state index < -0.39 is 20.8 Å². The minimum atomic E-state index is -4.34. The predicted molar refractivity (Wildman–Crippen MR) is 40.6 cm³/mol. The summed E-state index contributed by atoms with van der Waals surface area (Å²) < 4.78 is 42.0. The van der Waals surface area contributed by atoms with Crippen molar-refractivity contribution in [3.8, 4) is 0 Å². The molecule has 0 heterocycles. The molecule has 0 atom stereocenters. The summed E-state index contributed by atoms with van der Waals surface area (Å²) in [4.78, 5) is -0.505. The van der Waals surface area contributed by atoms with Gasteiger partial charge in [0.15, 0.2) is 0 Å². The molecule has 12 heavy (non-hydrogen) atoms. The molecule has 6 heteroatoms. The van der Waals surface area contributed by atoms with Crippen LogP contribution in [-0.4, -0.2) is 13.0 Å². The van der Waals surface area contributed by atoms with Crippen LogP contribution in [0.4, 0.5) is 10.1 Å². The molecule has 1 aromatic rings. The van der Waals surface area contributed by atoms with Gasteiger partial charge in [0.1, 0.15) is 5.82 Å². The van der Waals surface area contributed by atoms with Crippen LogP contribution in [0.15, 0.2) is 23.1 Å². The lowest BCUT2D eigenvalue weighted by atomic mass is 10.3. The molecule has 0 saturated carbocycles. The van der Waals surface area contributed by atoms with E-state index in [1.807, 2.05) is 0 Å². The molecular weight excluding hydrogens is 185 g/mol. The van der Waals surface area contributed by atoms with Crippen LogP contribution in [0.2, 0.25) is 0 Å². The molecule has 0 spiro atoms. The van der Waals surface area contributed by atoms with Gasteiger partial charge in [0.25, 0.3) is 10.1 Å². The Labute approximate surface area is 68.6 Å². The Morgan fingerprint density at radius 2 is 2.00 bits per heavy atom. The van der Waals surface area contributed by atoms with Crippen LogP contribution in [-0.2, 0) is 10.1 Å². The van der Waals surface area contributed by atoms with Crippen molar-refractivity contribution < 1.29 is 17.4 Å². The monoisotopic (exact) mass is 191 g/mol. The second kappa shape index (κ2) is 2.72. The maximum atomic E-state index is 12.6. The normalized spacial score (nSPS) is 11.5. The molecule has 0 saturated heterocycles. The number of nitrogens with two attached hydrogens (primary N) is 1. The Hall–Kier alpha value is -1.14. The summed E-state index contributed by atoms with van der Waals surface area (Å²) in [5.74, 6) is -0.870. The van der Waals surface area contributed by atoms with Crippen molar-refractivity contribution >= 4 is 15.8 Å². The van der Waals surface area contributed by atoms with Crippen LogP contribution < -0.4 is 5.73 Å². The zero-order chi connectivity index (χ0) is 9.35. The standard InChI is InChI=1S/C6H6FNO3S/c7-5-3-4(12(9,10)11)1-2-6(5)8/h1-3H,8H2,(H,9,10,11). The Bertz CT molecular complexity index is 401. The number of rotatable bonds is 1. The van der Waals surface area contributed by atoms with Crippen molar-refractivity contribution in [2.75, 3.05) is 5.73 Å². The first-order valence-corrected chi connectivity index (χ1v) is 4.38. The molecule has 66 valence electrons. The van der Waals surface area contributed by atoms with Crippen molar-refractivity contribution in [2.24, 2.45) is 0 Å². The van der Waals surface area contributed by atoms with Gasteiger partial charge in [-0.25, -0.2) is 4.39 Å². The van der Waals surface area contributed by atoms with E-state index in [2.05, 4.69) is 0 Å². The van der Waals surface area contributed by atoms with Crippen LogP contribution in [0.3, 0.4) is 0 Å². The highest BCUT2D eigenvalue weighted by atomic mass is 32.2. The van der Waals surface area contributed by atoms with Gasteiger partial charge >= 0.3 is 0 Å². The van der Waals surface area contributed by atoms with Crippen molar-refractivity contribution in [1.29, 1.82) is 0 Å². The summed E-state index contributed by atoms with van der Waals surface area (Å²) in [6, 6.07) is 2.75. The van der Waals surface area contributed by atoms with Gasteiger partial charge in [-0.05, 0) is 18.2 Å². The molecule has 0 radical (unpaired) electrons. The smallest absolute Gasteiger partial charge is 0.294 e. The van der Waals surface area contributed by atoms with Crippen molar-refractivity contribution in [3.05, 3.63) is 24.0 Å². The van der Waals surface area contributed by atoms with E-state index in [0.29, 0.717) is 6.07 Å². The van der Waals surface area contributed by atoms with Crippen LogP contribution >= 0.6 is 0 Å². The van der Waals surface area contributed by atoms with Gasteiger partial charge in [-0.3, -0.25) is 4.55 Å². The molecule has 0 fully saturated rings. The quantitative estimate of drug-likeness (QED) is 0.504. The molecule has 0 aromatic heterocycles. The number of nitrogen functional groups attached to an aromatic ring is 1. The Morgan fingerprint density at radius 1 is 1.42 bits per heavy atom. The van der Waals surface area contributed by atoms with Crippen molar-refractivity contribution in [3.63, 3.8) is 0 Å². The number of halogens is 1. The van der Waals surface area contributed by atoms with E-state index in [-0.39, 0.29) is 5.69 Å². The number of hydrogen-bond acceptors (Lipinski definition) is 3. The molecule has 0 unspecified atom stereocenters. The lowest BCUT2D eigenvalue weighted by Gasteiger charge is -1.98. The SMILES string of the molecule is Nc1ccc(S(=O)(=O)O)cc1F. The Kier molecular flexibility index (Phi) is 2.03. The number of benzene rings is 1. The molecule has 0 bridgehead atoms. The predicted octanol–water partition coefficient (Wildman–Crippen LogP) is 0.655. The third-order valence-corrected chi connectivity index (χ3v) is 2.12. The highest BCUT2D eigenvalue weighted by Gasteiger charge is 2.10.